The van der Waals surface area contributed by atoms with Crippen LogP contribution in [0.15, 0.2) is 110 Å². The Morgan fingerprint density at radius 2 is 1.03 bits per heavy atom. The van der Waals surface area contributed by atoms with E-state index in [1.165, 1.54) is 11.1 Å². The second-order valence-corrected chi connectivity index (χ2v) is 7.22. The third-order valence-corrected chi connectivity index (χ3v) is 4.94. The van der Waals surface area contributed by atoms with Gasteiger partial charge in [0.15, 0.2) is 0 Å². The van der Waals surface area contributed by atoms with Gasteiger partial charge in [0.05, 0.1) is 13.1 Å². The molecule has 5 aromatic rings. The highest BCUT2D eigenvalue weighted by molar-refractivity contribution is 5.41. The van der Waals surface area contributed by atoms with Crippen LogP contribution >= 0.6 is 0 Å². The van der Waals surface area contributed by atoms with E-state index >= 15 is 0 Å². The summed E-state index contributed by atoms with van der Waals surface area (Å²) in [6.45, 7) is 1.58. The lowest BCUT2D eigenvalue weighted by Gasteiger charge is -1.98. The van der Waals surface area contributed by atoms with Crippen LogP contribution in [-0.2, 0) is 13.1 Å². The van der Waals surface area contributed by atoms with Gasteiger partial charge in [0.25, 0.3) is 12.7 Å². The molecular weight excluding hydrogens is 372 g/mol. The van der Waals surface area contributed by atoms with Crippen molar-refractivity contribution in [2.75, 3.05) is 0 Å². The van der Waals surface area contributed by atoms with Crippen LogP contribution in [0.25, 0.3) is 11.4 Å². The molecule has 30 heavy (non-hydrogen) atoms. The molecule has 6 nitrogen and oxygen atoms in total. The lowest BCUT2D eigenvalue weighted by atomic mass is 10.2. The van der Waals surface area contributed by atoms with Gasteiger partial charge in [-0.3, -0.25) is 0 Å². The highest BCUT2D eigenvalue weighted by Gasteiger charge is 2.14. The number of rotatable bonds is 6. The predicted octanol–water partition coefficient (Wildman–Crippen LogP) is 2.73. The predicted molar refractivity (Wildman–Crippen MR) is 112 cm³/mol. The van der Waals surface area contributed by atoms with Crippen LogP contribution in [0.5, 0.6) is 0 Å². The number of hydrogen-bond donors (Lipinski definition) is 0. The SMILES string of the molecule is c1ccc(C[n+]2cnn(-c3cccc(-n4c[n+](Cc5ccccc5)cn4)c3)c2)cc1. The van der Waals surface area contributed by atoms with Gasteiger partial charge in [-0.25, -0.2) is 9.13 Å². The van der Waals surface area contributed by atoms with E-state index < -0.39 is 0 Å². The molecule has 2 heterocycles. The minimum Gasteiger partial charge on any atom is -0.233 e. The molecule has 0 N–H and O–H groups in total. The average molecular weight is 394 g/mol. The van der Waals surface area contributed by atoms with Gasteiger partial charge in [0.1, 0.15) is 11.4 Å². The van der Waals surface area contributed by atoms with E-state index in [-0.39, 0.29) is 0 Å². The largest absolute Gasteiger partial charge is 0.265 e. The van der Waals surface area contributed by atoms with Crippen molar-refractivity contribution >= 4 is 0 Å². The van der Waals surface area contributed by atoms with Gasteiger partial charge in [0, 0.05) is 16.3 Å². The van der Waals surface area contributed by atoms with Crippen molar-refractivity contribution in [2.45, 2.75) is 13.1 Å². The van der Waals surface area contributed by atoms with Crippen molar-refractivity contribution in [3.05, 3.63) is 121 Å². The molecule has 0 saturated heterocycles. The molecule has 0 radical (unpaired) electrons. The van der Waals surface area contributed by atoms with E-state index in [1.54, 1.807) is 0 Å². The topological polar surface area (TPSA) is 43.4 Å². The fourth-order valence-corrected chi connectivity index (χ4v) is 3.44. The Labute approximate surface area is 174 Å². The maximum atomic E-state index is 4.52. The number of benzene rings is 3. The van der Waals surface area contributed by atoms with Crippen molar-refractivity contribution in [1.82, 2.24) is 19.6 Å². The van der Waals surface area contributed by atoms with Crippen LogP contribution in [0.2, 0.25) is 0 Å². The summed E-state index contributed by atoms with van der Waals surface area (Å²) in [6.07, 6.45) is 7.71. The Balaban J connectivity index is 1.35. The molecule has 0 amide bonds. The zero-order valence-electron chi connectivity index (χ0n) is 16.5. The van der Waals surface area contributed by atoms with Crippen LogP contribution in [0.3, 0.4) is 0 Å². The number of hydrogen-bond acceptors (Lipinski definition) is 2. The molecule has 2 aromatic heterocycles. The van der Waals surface area contributed by atoms with Crippen LogP contribution < -0.4 is 9.13 Å². The van der Waals surface area contributed by atoms with Gasteiger partial charge in [-0.15, -0.1) is 0 Å². The minimum atomic E-state index is 0.791. The molecule has 0 aliphatic rings. The summed E-state index contributed by atoms with van der Waals surface area (Å²) < 4.78 is 7.91. The summed E-state index contributed by atoms with van der Waals surface area (Å²) in [7, 11) is 0. The van der Waals surface area contributed by atoms with Crippen LogP contribution in [0, 0.1) is 0 Å². The fourth-order valence-electron chi connectivity index (χ4n) is 3.44. The van der Waals surface area contributed by atoms with Gasteiger partial charge in [-0.05, 0) is 23.3 Å². The Hall–Kier alpha value is -4.06. The Kier molecular flexibility index (Phi) is 4.88. The summed E-state index contributed by atoms with van der Waals surface area (Å²) in [5.41, 5.74) is 4.47. The van der Waals surface area contributed by atoms with Crippen molar-refractivity contribution < 1.29 is 9.13 Å². The molecule has 0 bridgehead atoms. The fraction of sp³-hybridized carbons (Fsp3) is 0.0833. The van der Waals surface area contributed by atoms with E-state index in [1.807, 2.05) is 65.0 Å². The smallest absolute Gasteiger partial charge is 0.233 e. The molecule has 3 aromatic carbocycles. The van der Waals surface area contributed by atoms with E-state index in [0.717, 1.165) is 24.5 Å². The second-order valence-electron chi connectivity index (χ2n) is 7.22. The molecule has 6 heteroatoms. The molecule has 5 rings (SSSR count). The Bertz CT molecular complexity index is 1150. The number of aromatic nitrogens is 6. The van der Waals surface area contributed by atoms with E-state index in [2.05, 4.69) is 73.9 Å². The maximum absolute atomic E-state index is 4.52. The third-order valence-electron chi connectivity index (χ3n) is 4.94. The highest BCUT2D eigenvalue weighted by Crippen LogP contribution is 2.12. The molecule has 0 spiro atoms. The second kappa shape index (κ2) is 8.13. The first-order chi connectivity index (χ1) is 14.8. The molecule has 0 atom stereocenters. The lowest BCUT2D eigenvalue weighted by Crippen LogP contribution is -2.31. The van der Waals surface area contributed by atoms with Crippen LogP contribution in [0.1, 0.15) is 11.1 Å². The van der Waals surface area contributed by atoms with Crippen LogP contribution in [0.4, 0.5) is 0 Å². The first-order valence-corrected chi connectivity index (χ1v) is 9.90. The van der Waals surface area contributed by atoms with Crippen molar-refractivity contribution in [1.29, 1.82) is 0 Å². The maximum Gasteiger partial charge on any atom is 0.265 e. The minimum absolute atomic E-state index is 0.791. The van der Waals surface area contributed by atoms with E-state index in [0.29, 0.717) is 0 Å². The molecule has 0 aliphatic carbocycles. The van der Waals surface area contributed by atoms with Crippen molar-refractivity contribution in [2.24, 2.45) is 0 Å². The average Bonchev–Trinajstić information content (AvgIpc) is 3.45. The van der Waals surface area contributed by atoms with E-state index in [4.69, 9.17) is 0 Å². The van der Waals surface area contributed by atoms with Crippen LogP contribution in [-0.4, -0.2) is 19.6 Å². The summed E-state index contributed by atoms with van der Waals surface area (Å²) >= 11 is 0. The Morgan fingerprint density at radius 3 is 1.50 bits per heavy atom. The van der Waals surface area contributed by atoms with Crippen molar-refractivity contribution in [3.63, 3.8) is 0 Å². The van der Waals surface area contributed by atoms with Gasteiger partial charge in [-0.2, -0.15) is 0 Å². The Morgan fingerprint density at radius 1 is 0.567 bits per heavy atom. The molecule has 0 unspecified atom stereocenters. The van der Waals surface area contributed by atoms with Gasteiger partial charge in [-0.1, -0.05) is 76.1 Å². The zero-order valence-corrected chi connectivity index (χ0v) is 16.5. The monoisotopic (exact) mass is 394 g/mol. The number of nitrogens with zero attached hydrogens (tertiary/aromatic N) is 6. The summed E-state index contributed by atoms with van der Waals surface area (Å²) in [4.78, 5) is 0. The summed E-state index contributed by atoms with van der Waals surface area (Å²) in [5, 5.41) is 9.05. The van der Waals surface area contributed by atoms with E-state index in [9.17, 15) is 0 Å². The molecule has 0 aliphatic heterocycles. The molecular formula is C24H22N6+2. The third kappa shape index (κ3) is 4.03. The highest BCUT2D eigenvalue weighted by atomic mass is 15.4. The lowest BCUT2D eigenvalue weighted by molar-refractivity contribution is -0.688. The molecule has 0 fully saturated rings. The zero-order chi connectivity index (χ0) is 20.2. The van der Waals surface area contributed by atoms with Crippen molar-refractivity contribution in [3.8, 4) is 11.4 Å². The first-order valence-electron chi connectivity index (χ1n) is 9.90. The molecule has 0 saturated carbocycles. The summed E-state index contributed by atoms with van der Waals surface area (Å²) in [5.74, 6) is 0. The standard InChI is InChI=1S/C24H22N6/c1-3-8-21(9-4-1)15-27-17-25-29(19-27)23-12-7-13-24(14-23)30-20-28(18-26-30)16-22-10-5-2-6-11-22/h1-14,17-20H,15-16H2/q+2. The normalized spacial score (nSPS) is 10.9. The quantitative estimate of drug-likeness (QED) is 0.416. The first kappa shape index (κ1) is 18.0. The molecule has 146 valence electrons. The van der Waals surface area contributed by atoms with Gasteiger partial charge < -0.3 is 0 Å². The summed E-state index contributed by atoms with van der Waals surface area (Å²) in [6, 6.07) is 28.9. The van der Waals surface area contributed by atoms with Gasteiger partial charge >= 0.3 is 0 Å². The van der Waals surface area contributed by atoms with Gasteiger partial charge in [0.2, 0.25) is 12.7 Å².